The van der Waals surface area contributed by atoms with Crippen molar-refractivity contribution in [3.63, 3.8) is 0 Å². The van der Waals surface area contributed by atoms with Gasteiger partial charge < -0.3 is 33.8 Å². The molecular formula is C69H134O17P2. The Bertz CT molecular complexity index is 1750. The van der Waals surface area contributed by atoms with E-state index >= 15 is 0 Å². The van der Waals surface area contributed by atoms with E-state index in [2.05, 4.69) is 55.4 Å². The Hall–Kier alpha value is -1.94. The molecule has 0 aliphatic rings. The predicted molar refractivity (Wildman–Crippen MR) is 354 cm³/mol. The van der Waals surface area contributed by atoms with Crippen molar-refractivity contribution in [1.82, 2.24) is 0 Å². The van der Waals surface area contributed by atoms with Crippen LogP contribution in [-0.2, 0) is 65.4 Å². The molecule has 0 radical (unpaired) electrons. The number of ether oxygens (including phenoxy) is 4. The van der Waals surface area contributed by atoms with Crippen molar-refractivity contribution in [2.24, 2.45) is 23.7 Å². The standard InChI is InChI=1S/C69H134O17P2/c1-9-61(7)47-39-31-22-17-15-13-11-12-14-16-18-23-33-41-49-66(71)79-55-65(86-69(74)52-44-36-27-25-30-38-46-60(5)6)58-84-88(77,78)82-54-63(70)53-81-87(75,76)83-57-64(56-80-67(72)50-42-34-28-26-32-40-48-62(8)10-2)85-68(73)51-43-35-24-20-19-21-29-37-45-59(3)4/h59-65,70H,9-58H2,1-8H3,(H,75,76)(H,77,78)/t61?,62?,63-,64+,65+/m0/s1. The maximum Gasteiger partial charge on any atom is 0.472 e. The van der Waals surface area contributed by atoms with E-state index in [-0.39, 0.29) is 25.7 Å². The largest absolute Gasteiger partial charge is 0.472 e. The van der Waals surface area contributed by atoms with Gasteiger partial charge in [-0.05, 0) is 49.4 Å². The third kappa shape index (κ3) is 60.3. The van der Waals surface area contributed by atoms with Gasteiger partial charge in [0.05, 0.1) is 26.4 Å². The fourth-order valence-electron chi connectivity index (χ4n) is 10.2. The predicted octanol–water partition coefficient (Wildman–Crippen LogP) is 19.3. The summed E-state index contributed by atoms with van der Waals surface area (Å²) in [5, 5.41) is 10.6. The quantitative estimate of drug-likeness (QED) is 0.0222. The zero-order valence-electron chi connectivity index (χ0n) is 57.3. The Labute approximate surface area is 537 Å². The maximum absolute atomic E-state index is 13.0. The molecule has 0 aliphatic heterocycles. The number of aliphatic hydroxyl groups is 1. The molecular weight excluding hydrogens is 1160 g/mol. The van der Waals surface area contributed by atoms with Crippen LogP contribution in [0.4, 0.5) is 0 Å². The van der Waals surface area contributed by atoms with Crippen molar-refractivity contribution in [3.8, 4) is 0 Å². The second-order valence-electron chi connectivity index (χ2n) is 26.4. The minimum absolute atomic E-state index is 0.102. The molecule has 19 heteroatoms. The summed E-state index contributed by atoms with van der Waals surface area (Å²) in [5.41, 5.74) is 0. The molecule has 0 heterocycles. The summed E-state index contributed by atoms with van der Waals surface area (Å²) in [6.07, 6.45) is 40.6. The molecule has 0 aromatic carbocycles. The molecule has 0 aliphatic carbocycles. The average molecular weight is 1300 g/mol. The highest BCUT2D eigenvalue weighted by molar-refractivity contribution is 7.47. The highest BCUT2D eigenvalue weighted by atomic mass is 31.2. The summed E-state index contributed by atoms with van der Waals surface area (Å²) < 4.78 is 68.1. The van der Waals surface area contributed by atoms with Crippen molar-refractivity contribution in [1.29, 1.82) is 0 Å². The third-order valence-corrected chi connectivity index (χ3v) is 18.4. The second kappa shape index (κ2) is 58.8. The molecule has 17 nitrogen and oxygen atoms in total. The summed E-state index contributed by atoms with van der Waals surface area (Å²) in [7, 11) is -9.90. The SMILES string of the molecule is CCC(C)CCCCCCCCCCCCCCCCC(=O)OC[C@H](COP(=O)(O)OC[C@@H](O)COP(=O)(O)OC[C@@H](COC(=O)CCCCCCCCC(C)CC)OC(=O)CCCCCCCCCCC(C)C)OC(=O)CCCCCCCCC(C)C. The maximum atomic E-state index is 13.0. The first kappa shape index (κ1) is 86.1. The zero-order chi connectivity index (χ0) is 65.4. The van der Waals surface area contributed by atoms with E-state index in [1.54, 1.807) is 0 Å². The molecule has 0 saturated heterocycles. The molecule has 0 aromatic rings. The number of carbonyl (C=O) groups excluding carboxylic acids is 4. The molecule has 3 N–H and O–H groups in total. The summed E-state index contributed by atoms with van der Waals surface area (Å²) in [4.78, 5) is 72.4. The van der Waals surface area contributed by atoms with Crippen molar-refractivity contribution in [2.45, 2.75) is 356 Å². The molecule has 0 saturated carbocycles. The highest BCUT2D eigenvalue weighted by Crippen LogP contribution is 2.45. The van der Waals surface area contributed by atoms with E-state index in [0.29, 0.717) is 31.6 Å². The second-order valence-corrected chi connectivity index (χ2v) is 29.3. The van der Waals surface area contributed by atoms with Gasteiger partial charge in [0.2, 0.25) is 0 Å². The number of phosphoric acid groups is 2. The van der Waals surface area contributed by atoms with Gasteiger partial charge in [0.1, 0.15) is 19.3 Å². The number of hydrogen-bond donors (Lipinski definition) is 3. The van der Waals surface area contributed by atoms with E-state index < -0.39 is 97.5 Å². The van der Waals surface area contributed by atoms with Gasteiger partial charge in [0.25, 0.3) is 0 Å². The topological polar surface area (TPSA) is 237 Å². The first-order valence-corrected chi connectivity index (χ1v) is 38.8. The lowest BCUT2D eigenvalue weighted by Crippen LogP contribution is -2.30. The van der Waals surface area contributed by atoms with Gasteiger partial charge in [-0.3, -0.25) is 37.3 Å². The van der Waals surface area contributed by atoms with Crippen LogP contribution in [-0.4, -0.2) is 96.7 Å². The van der Waals surface area contributed by atoms with E-state index in [1.165, 1.54) is 135 Å². The molecule has 0 amide bonds. The minimum Gasteiger partial charge on any atom is -0.462 e. The van der Waals surface area contributed by atoms with Crippen LogP contribution in [0.15, 0.2) is 0 Å². The summed E-state index contributed by atoms with van der Waals surface area (Å²) in [6, 6.07) is 0. The lowest BCUT2D eigenvalue weighted by molar-refractivity contribution is -0.161. The van der Waals surface area contributed by atoms with Crippen LogP contribution in [0, 0.1) is 23.7 Å². The van der Waals surface area contributed by atoms with Crippen molar-refractivity contribution in [3.05, 3.63) is 0 Å². The first-order chi connectivity index (χ1) is 42.2. The highest BCUT2D eigenvalue weighted by Gasteiger charge is 2.30. The Morgan fingerprint density at radius 2 is 0.545 bits per heavy atom. The Kier molecular flexibility index (Phi) is 57.6. The summed E-state index contributed by atoms with van der Waals surface area (Å²) in [5.74, 6) is 0.831. The molecule has 7 atom stereocenters. The number of carbonyl (C=O) groups is 4. The molecule has 0 rings (SSSR count). The van der Waals surface area contributed by atoms with Crippen molar-refractivity contribution in [2.75, 3.05) is 39.6 Å². The number of rotatable bonds is 66. The number of esters is 4. The minimum atomic E-state index is -4.95. The Morgan fingerprint density at radius 1 is 0.318 bits per heavy atom. The lowest BCUT2D eigenvalue weighted by Gasteiger charge is -2.21. The van der Waals surface area contributed by atoms with Gasteiger partial charge in [-0.2, -0.15) is 0 Å². The normalized spacial score (nSPS) is 14.9. The van der Waals surface area contributed by atoms with Gasteiger partial charge in [-0.15, -0.1) is 0 Å². The van der Waals surface area contributed by atoms with Crippen LogP contribution in [0.3, 0.4) is 0 Å². The first-order valence-electron chi connectivity index (χ1n) is 35.8. The molecule has 88 heavy (non-hydrogen) atoms. The molecule has 0 spiro atoms. The molecule has 0 bridgehead atoms. The van der Waals surface area contributed by atoms with Crippen LogP contribution >= 0.6 is 15.6 Å². The van der Waals surface area contributed by atoms with Gasteiger partial charge in [-0.1, -0.05) is 287 Å². The number of phosphoric ester groups is 2. The molecule has 0 aromatic heterocycles. The van der Waals surface area contributed by atoms with E-state index in [9.17, 15) is 43.2 Å². The van der Waals surface area contributed by atoms with Crippen LogP contribution in [0.25, 0.3) is 0 Å². The van der Waals surface area contributed by atoms with E-state index in [0.717, 1.165) is 114 Å². The fourth-order valence-corrected chi connectivity index (χ4v) is 11.8. The smallest absolute Gasteiger partial charge is 0.462 e. The number of hydrogen-bond acceptors (Lipinski definition) is 15. The van der Waals surface area contributed by atoms with Crippen LogP contribution in [0.2, 0.25) is 0 Å². The fraction of sp³-hybridized carbons (Fsp3) is 0.942. The van der Waals surface area contributed by atoms with E-state index in [4.69, 9.17) is 37.0 Å². The molecule has 0 fully saturated rings. The van der Waals surface area contributed by atoms with E-state index in [1.807, 2.05) is 0 Å². The van der Waals surface area contributed by atoms with Crippen LogP contribution in [0.5, 0.6) is 0 Å². The lowest BCUT2D eigenvalue weighted by atomic mass is 9.99. The third-order valence-electron chi connectivity index (χ3n) is 16.5. The number of unbranched alkanes of at least 4 members (excludes halogenated alkanes) is 30. The van der Waals surface area contributed by atoms with Crippen LogP contribution < -0.4 is 0 Å². The zero-order valence-corrected chi connectivity index (χ0v) is 59.1. The summed E-state index contributed by atoms with van der Waals surface area (Å²) in [6.45, 7) is 14.0. The molecule has 522 valence electrons. The number of aliphatic hydroxyl groups excluding tert-OH is 1. The van der Waals surface area contributed by atoms with Gasteiger partial charge in [-0.25, -0.2) is 9.13 Å². The van der Waals surface area contributed by atoms with Crippen LogP contribution in [0.1, 0.15) is 338 Å². The monoisotopic (exact) mass is 1300 g/mol. The van der Waals surface area contributed by atoms with Crippen molar-refractivity contribution < 1.29 is 80.2 Å². The Morgan fingerprint density at radius 3 is 0.807 bits per heavy atom. The van der Waals surface area contributed by atoms with Gasteiger partial charge >= 0.3 is 39.5 Å². The average Bonchev–Trinajstić information content (AvgIpc) is 3.65. The van der Waals surface area contributed by atoms with Crippen molar-refractivity contribution >= 4 is 39.5 Å². The summed E-state index contributed by atoms with van der Waals surface area (Å²) >= 11 is 0. The van der Waals surface area contributed by atoms with Gasteiger partial charge in [0, 0.05) is 25.7 Å². The molecule has 4 unspecified atom stereocenters. The van der Waals surface area contributed by atoms with Gasteiger partial charge in [0.15, 0.2) is 12.2 Å². The Balaban J connectivity index is 5.18.